The van der Waals surface area contributed by atoms with E-state index in [4.69, 9.17) is 14.2 Å². The number of ether oxygens (including phenoxy) is 3. The summed E-state index contributed by atoms with van der Waals surface area (Å²) in [7, 11) is 0. The van der Waals surface area contributed by atoms with Gasteiger partial charge in [0.25, 0.3) is 5.91 Å². The SMILES string of the molecule is O=C(N[C@H](CN1CCC1)[C@H](O)c1cc(F)c2c(c1)OCCO2)C(=O)c1ccc(N2CCOCC2)cc1. The normalized spacial score (nSPS) is 19.2. The monoisotopic (exact) mass is 499 g/mol. The summed E-state index contributed by atoms with van der Waals surface area (Å²) in [5.74, 6) is -1.95. The van der Waals surface area contributed by atoms with Gasteiger partial charge in [0.1, 0.15) is 19.3 Å². The van der Waals surface area contributed by atoms with Crippen LogP contribution in [0, 0.1) is 5.82 Å². The molecule has 3 aliphatic rings. The number of hydrogen-bond acceptors (Lipinski definition) is 8. The summed E-state index contributed by atoms with van der Waals surface area (Å²) in [5.41, 5.74) is 1.46. The molecule has 9 nitrogen and oxygen atoms in total. The van der Waals surface area contributed by atoms with Crippen molar-refractivity contribution >= 4 is 17.4 Å². The predicted molar refractivity (Wildman–Crippen MR) is 129 cm³/mol. The first-order chi connectivity index (χ1) is 17.5. The molecule has 2 fully saturated rings. The van der Waals surface area contributed by atoms with Gasteiger partial charge in [0.2, 0.25) is 5.78 Å². The number of morpholine rings is 1. The molecule has 2 aromatic carbocycles. The highest BCUT2D eigenvalue weighted by molar-refractivity contribution is 6.42. The fourth-order valence-electron chi connectivity index (χ4n) is 4.61. The molecular formula is C26H30FN3O6. The fourth-order valence-corrected chi connectivity index (χ4v) is 4.61. The molecule has 0 spiro atoms. The number of Topliss-reactive ketones (excluding diaryl/α,β-unsaturated/α-hetero) is 1. The topological polar surface area (TPSA) is 101 Å². The first-order valence-corrected chi connectivity index (χ1v) is 12.3. The summed E-state index contributed by atoms with van der Waals surface area (Å²) in [4.78, 5) is 30.0. The Kier molecular flexibility index (Phi) is 7.35. The van der Waals surface area contributed by atoms with Crippen LogP contribution in [0.1, 0.15) is 28.4 Å². The van der Waals surface area contributed by atoms with Gasteiger partial charge in [0.05, 0.1) is 19.3 Å². The van der Waals surface area contributed by atoms with E-state index in [1.54, 1.807) is 12.1 Å². The zero-order chi connectivity index (χ0) is 25.1. The number of hydrogen-bond donors (Lipinski definition) is 2. The molecule has 0 aliphatic carbocycles. The minimum absolute atomic E-state index is 0.0104. The van der Waals surface area contributed by atoms with Crippen molar-refractivity contribution in [1.82, 2.24) is 10.2 Å². The minimum atomic E-state index is -1.25. The van der Waals surface area contributed by atoms with Gasteiger partial charge in [0.15, 0.2) is 17.3 Å². The van der Waals surface area contributed by atoms with Crippen molar-refractivity contribution in [2.24, 2.45) is 0 Å². The molecule has 3 aliphatic heterocycles. The first kappa shape index (κ1) is 24.5. The highest BCUT2D eigenvalue weighted by atomic mass is 19.1. The van der Waals surface area contributed by atoms with Gasteiger partial charge in [-0.1, -0.05) is 0 Å². The van der Waals surface area contributed by atoms with Gasteiger partial charge in [-0.15, -0.1) is 0 Å². The Labute approximate surface area is 208 Å². The van der Waals surface area contributed by atoms with Crippen molar-refractivity contribution in [3.63, 3.8) is 0 Å². The maximum absolute atomic E-state index is 14.6. The number of aliphatic hydroxyl groups is 1. The van der Waals surface area contributed by atoms with Gasteiger partial charge in [-0.3, -0.25) is 9.59 Å². The fraction of sp³-hybridized carbons (Fsp3) is 0.462. The highest BCUT2D eigenvalue weighted by Crippen LogP contribution is 2.36. The van der Waals surface area contributed by atoms with Crippen molar-refractivity contribution < 1.29 is 33.3 Å². The highest BCUT2D eigenvalue weighted by Gasteiger charge is 2.31. The summed E-state index contributed by atoms with van der Waals surface area (Å²) < 4.78 is 30.8. The number of amides is 1. The summed E-state index contributed by atoms with van der Waals surface area (Å²) in [6.45, 7) is 5.33. The number of ketones is 1. The lowest BCUT2D eigenvalue weighted by Crippen LogP contribution is -2.52. The molecule has 3 heterocycles. The number of fused-ring (bicyclic) bond motifs is 1. The Bertz CT molecular complexity index is 1100. The van der Waals surface area contributed by atoms with Gasteiger partial charge >= 0.3 is 0 Å². The lowest BCUT2D eigenvalue weighted by molar-refractivity contribution is -0.118. The number of halogens is 1. The molecule has 36 heavy (non-hydrogen) atoms. The zero-order valence-electron chi connectivity index (χ0n) is 20.0. The van der Waals surface area contributed by atoms with Crippen molar-refractivity contribution in [2.75, 3.05) is 64.1 Å². The molecular weight excluding hydrogens is 469 g/mol. The minimum Gasteiger partial charge on any atom is -0.486 e. The van der Waals surface area contributed by atoms with E-state index < -0.39 is 29.7 Å². The van der Waals surface area contributed by atoms with Crippen LogP contribution in [0.5, 0.6) is 11.5 Å². The number of nitrogens with one attached hydrogen (secondary N) is 1. The van der Waals surface area contributed by atoms with Crippen LogP contribution in [-0.2, 0) is 9.53 Å². The molecule has 0 aromatic heterocycles. The maximum Gasteiger partial charge on any atom is 0.292 e. The second-order valence-electron chi connectivity index (χ2n) is 9.18. The molecule has 5 rings (SSSR count). The second-order valence-corrected chi connectivity index (χ2v) is 9.18. The molecule has 0 radical (unpaired) electrons. The first-order valence-electron chi connectivity index (χ1n) is 12.3. The smallest absolute Gasteiger partial charge is 0.292 e. The van der Waals surface area contributed by atoms with Gasteiger partial charge < -0.3 is 34.4 Å². The van der Waals surface area contributed by atoms with E-state index in [9.17, 15) is 19.1 Å². The van der Waals surface area contributed by atoms with E-state index in [-0.39, 0.29) is 35.8 Å². The van der Waals surface area contributed by atoms with Crippen LogP contribution in [0.2, 0.25) is 0 Å². The summed E-state index contributed by atoms with van der Waals surface area (Å²) in [5, 5.41) is 13.8. The lowest BCUT2D eigenvalue weighted by Gasteiger charge is -2.36. The number of carbonyl (C=O) groups excluding carboxylic acids is 2. The third-order valence-electron chi connectivity index (χ3n) is 6.77. The predicted octanol–water partition coefficient (Wildman–Crippen LogP) is 1.54. The number of carbonyl (C=O) groups is 2. The molecule has 192 valence electrons. The number of nitrogens with zero attached hydrogens (tertiary/aromatic N) is 2. The average molecular weight is 500 g/mol. The van der Waals surface area contributed by atoms with Gasteiger partial charge in [-0.05, 0) is 61.5 Å². The lowest BCUT2D eigenvalue weighted by atomic mass is 9.99. The Morgan fingerprint density at radius 2 is 1.72 bits per heavy atom. The third-order valence-corrected chi connectivity index (χ3v) is 6.77. The van der Waals surface area contributed by atoms with Crippen LogP contribution >= 0.6 is 0 Å². The van der Waals surface area contributed by atoms with E-state index in [1.807, 2.05) is 12.1 Å². The van der Waals surface area contributed by atoms with Gasteiger partial charge in [-0.2, -0.15) is 0 Å². The summed E-state index contributed by atoms with van der Waals surface area (Å²) >= 11 is 0. The van der Waals surface area contributed by atoms with Crippen LogP contribution in [0.4, 0.5) is 10.1 Å². The van der Waals surface area contributed by atoms with E-state index in [1.165, 1.54) is 12.1 Å². The van der Waals surface area contributed by atoms with E-state index in [2.05, 4.69) is 15.1 Å². The Morgan fingerprint density at radius 1 is 1.00 bits per heavy atom. The maximum atomic E-state index is 14.6. The van der Waals surface area contributed by atoms with Gasteiger partial charge in [0, 0.05) is 30.9 Å². The Morgan fingerprint density at radius 3 is 2.42 bits per heavy atom. The van der Waals surface area contributed by atoms with Crippen LogP contribution < -0.4 is 19.7 Å². The molecule has 2 N–H and O–H groups in total. The largest absolute Gasteiger partial charge is 0.486 e. The zero-order valence-corrected chi connectivity index (χ0v) is 20.0. The molecule has 0 unspecified atom stereocenters. The van der Waals surface area contributed by atoms with Crippen molar-refractivity contribution in [2.45, 2.75) is 18.6 Å². The third kappa shape index (κ3) is 5.30. The van der Waals surface area contributed by atoms with Crippen molar-refractivity contribution in [1.29, 1.82) is 0 Å². The van der Waals surface area contributed by atoms with Crippen molar-refractivity contribution in [3.05, 3.63) is 53.3 Å². The number of rotatable bonds is 8. The van der Waals surface area contributed by atoms with Gasteiger partial charge in [-0.25, -0.2) is 4.39 Å². The summed E-state index contributed by atoms with van der Waals surface area (Å²) in [6.07, 6.45) is -0.236. The molecule has 2 atom stereocenters. The number of likely N-dealkylation sites (tertiary alicyclic amines) is 1. The molecule has 2 aromatic rings. The average Bonchev–Trinajstić information content (AvgIpc) is 2.89. The number of anilines is 1. The Hall–Kier alpha value is -3.21. The van der Waals surface area contributed by atoms with E-state index in [0.717, 1.165) is 38.3 Å². The van der Waals surface area contributed by atoms with Crippen LogP contribution in [0.15, 0.2) is 36.4 Å². The molecule has 10 heteroatoms. The number of aliphatic hydroxyl groups excluding tert-OH is 1. The molecule has 0 saturated carbocycles. The summed E-state index contributed by atoms with van der Waals surface area (Å²) in [6, 6.07) is 8.76. The standard InChI is InChI=1S/C26H30FN3O6/c27-20-14-18(15-22-25(20)36-13-12-35-22)23(31)21(16-29-6-1-7-29)28-26(33)24(32)17-2-4-19(5-3-17)30-8-10-34-11-9-30/h2-5,14-15,21,23,31H,1,6-13,16H2,(H,28,33)/t21-,23-/m1/s1. The van der Waals surface area contributed by atoms with Crippen LogP contribution in [-0.4, -0.2) is 86.9 Å². The molecule has 1 amide bonds. The Balaban J connectivity index is 1.30. The van der Waals surface area contributed by atoms with Crippen molar-refractivity contribution in [3.8, 4) is 11.5 Å². The van der Waals surface area contributed by atoms with E-state index >= 15 is 0 Å². The number of benzene rings is 2. The van der Waals surface area contributed by atoms with Crippen LogP contribution in [0.3, 0.4) is 0 Å². The molecule has 0 bridgehead atoms. The quantitative estimate of drug-likeness (QED) is 0.417. The van der Waals surface area contributed by atoms with Crippen LogP contribution in [0.25, 0.3) is 0 Å². The van der Waals surface area contributed by atoms with E-state index in [0.29, 0.717) is 19.8 Å². The molecule has 2 saturated heterocycles. The second kappa shape index (κ2) is 10.8.